The molecule has 2 aromatic rings. The molecule has 0 aliphatic carbocycles. The lowest BCUT2D eigenvalue weighted by Crippen LogP contribution is -2.13. The average molecular weight is 340 g/mol. The quantitative estimate of drug-likeness (QED) is 0.522. The summed E-state index contributed by atoms with van der Waals surface area (Å²) in [6.07, 6.45) is 0. The van der Waals surface area contributed by atoms with Gasteiger partial charge in [0.1, 0.15) is 5.56 Å². The number of carbonyl (C=O) groups is 2. The summed E-state index contributed by atoms with van der Waals surface area (Å²) in [5.74, 6) is -0.873. The number of anilines is 1. The van der Waals surface area contributed by atoms with Crippen LogP contribution in [0.2, 0.25) is 5.02 Å². The average Bonchev–Trinajstić information content (AvgIpc) is 2.79. The third-order valence-electron chi connectivity index (χ3n) is 2.74. The van der Waals surface area contributed by atoms with Gasteiger partial charge in [0.2, 0.25) is 0 Å². The van der Waals surface area contributed by atoms with E-state index in [1.54, 1.807) is 6.92 Å². The molecule has 0 spiro atoms. The van der Waals surface area contributed by atoms with Crippen molar-refractivity contribution in [3.63, 3.8) is 0 Å². The Hall–Kier alpha value is -2.32. The van der Waals surface area contributed by atoms with Crippen molar-refractivity contribution in [3.8, 4) is 0 Å². The highest BCUT2D eigenvalue weighted by atomic mass is 35.5. The monoisotopic (exact) mass is 339 g/mol. The highest BCUT2D eigenvalue weighted by molar-refractivity contribution is 7.17. The molecule has 0 fully saturated rings. The van der Waals surface area contributed by atoms with E-state index in [0.29, 0.717) is 10.6 Å². The largest absolute Gasteiger partial charge is 0.298 e. The van der Waals surface area contributed by atoms with Gasteiger partial charge in [-0.05, 0) is 19.1 Å². The number of rotatable bonds is 4. The maximum absolute atomic E-state index is 12.2. The summed E-state index contributed by atoms with van der Waals surface area (Å²) in [7, 11) is 0. The number of benzene rings is 1. The fourth-order valence-electron chi connectivity index (χ4n) is 1.79. The smallest absolute Gasteiger partial charge is 0.282 e. The van der Waals surface area contributed by atoms with E-state index in [-0.39, 0.29) is 27.2 Å². The molecule has 7 nitrogen and oxygen atoms in total. The van der Waals surface area contributed by atoms with Crippen molar-refractivity contribution in [2.45, 2.75) is 13.8 Å². The molecule has 1 N–H and O–H groups in total. The number of nitrogens with zero attached hydrogens (tertiary/aromatic N) is 2. The predicted molar refractivity (Wildman–Crippen MR) is 82.9 cm³/mol. The SMILES string of the molecule is CC(=O)c1sc(NC(=O)c2cc(Cl)ccc2[N+](=O)[O-])nc1C. The van der Waals surface area contributed by atoms with Gasteiger partial charge in [-0.25, -0.2) is 4.98 Å². The lowest BCUT2D eigenvalue weighted by Gasteiger charge is -2.03. The fraction of sp³-hybridized carbons (Fsp3) is 0.154. The van der Waals surface area contributed by atoms with Crippen molar-refractivity contribution in [1.29, 1.82) is 0 Å². The maximum atomic E-state index is 12.2. The van der Waals surface area contributed by atoms with Gasteiger partial charge in [0.05, 0.1) is 15.5 Å². The summed E-state index contributed by atoms with van der Waals surface area (Å²) in [6, 6.07) is 3.70. The molecule has 2 rings (SSSR count). The molecule has 1 aromatic heterocycles. The zero-order valence-corrected chi connectivity index (χ0v) is 13.1. The topological polar surface area (TPSA) is 102 Å². The van der Waals surface area contributed by atoms with Gasteiger partial charge in [-0.1, -0.05) is 22.9 Å². The highest BCUT2D eigenvalue weighted by Crippen LogP contribution is 2.26. The second kappa shape index (κ2) is 6.20. The molecule has 0 aliphatic rings. The number of nitrogens with one attached hydrogen (secondary N) is 1. The Balaban J connectivity index is 2.33. The molecule has 1 amide bonds. The lowest BCUT2D eigenvalue weighted by molar-refractivity contribution is -0.385. The summed E-state index contributed by atoms with van der Waals surface area (Å²) in [5, 5.41) is 13.8. The predicted octanol–water partition coefficient (Wildman–Crippen LogP) is 3.47. The zero-order valence-electron chi connectivity index (χ0n) is 11.5. The highest BCUT2D eigenvalue weighted by Gasteiger charge is 2.22. The van der Waals surface area contributed by atoms with Gasteiger partial charge in [-0.2, -0.15) is 0 Å². The standard InChI is InChI=1S/C13H10ClN3O4S/c1-6-11(7(2)18)22-13(15-6)16-12(19)9-5-8(14)3-4-10(9)17(20)21/h3-5H,1-2H3,(H,15,16,19). The number of aryl methyl sites for hydroxylation is 1. The Morgan fingerprint density at radius 2 is 2.09 bits per heavy atom. The number of amides is 1. The first-order chi connectivity index (χ1) is 10.3. The summed E-state index contributed by atoms with van der Waals surface area (Å²) in [6.45, 7) is 3.04. The molecule has 0 bridgehead atoms. The molecule has 9 heteroatoms. The molecular formula is C13H10ClN3O4S. The number of hydrogen-bond donors (Lipinski definition) is 1. The van der Waals surface area contributed by atoms with Crippen molar-refractivity contribution < 1.29 is 14.5 Å². The van der Waals surface area contributed by atoms with Gasteiger partial charge in [0.25, 0.3) is 11.6 Å². The van der Waals surface area contributed by atoms with E-state index in [4.69, 9.17) is 11.6 Å². The van der Waals surface area contributed by atoms with E-state index >= 15 is 0 Å². The number of Topliss-reactive ketones (excluding diaryl/α,β-unsaturated/α-hetero) is 1. The van der Waals surface area contributed by atoms with E-state index in [2.05, 4.69) is 10.3 Å². The molecule has 0 aliphatic heterocycles. The van der Waals surface area contributed by atoms with Crippen molar-refractivity contribution in [2.24, 2.45) is 0 Å². The molecule has 0 unspecified atom stereocenters. The van der Waals surface area contributed by atoms with Crippen molar-refractivity contribution in [2.75, 3.05) is 5.32 Å². The molecule has 22 heavy (non-hydrogen) atoms. The first kappa shape index (κ1) is 16.1. The lowest BCUT2D eigenvalue weighted by atomic mass is 10.1. The van der Waals surface area contributed by atoms with Crippen molar-refractivity contribution >= 4 is 45.4 Å². The van der Waals surface area contributed by atoms with E-state index in [0.717, 1.165) is 17.4 Å². The number of carbonyl (C=O) groups excluding carboxylic acids is 2. The normalized spacial score (nSPS) is 10.3. The summed E-state index contributed by atoms with van der Waals surface area (Å²) in [4.78, 5) is 38.3. The van der Waals surface area contributed by atoms with Crippen molar-refractivity contribution in [1.82, 2.24) is 4.98 Å². The first-order valence-corrected chi connectivity index (χ1v) is 7.22. The minimum atomic E-state index is -0.710. The van der Waals surface area contributed by atoms with Crippen LogP contribution >= 0.6 is 22.9 Å². The Labute approximate surface area is 134 Å². The van der Waals surface area contributed by atoms with Crippen LogP contribution in [0.5, 0.6) is 0 Å². The minimum absolute atomic E-state index is 0.163. The van der Waals surface area contributed by atoms with Crippen LogP contribution in [0, 0.1) is 17.0 Å². The molecule has 0 saturated carbocycles. The van der Waals surface area contributed by atoms with Gasteiger partial charge in [0.15, 0.2) is 10.9 Å². The van der Waals surface area contributed by atoms with E-state index in [1.807, 2.05) is 0 Å². The third kappa shape index (κ3) is 3.29. The zero-order chi connectivity index (χ0) is 16.4. The van der Waals surface area contributed by atoms with Crippen LogP contribution < -0.4 is 5.32 Å². The maximum Gasteiger partial charge on any atom is 0.282 e. The fourth-order valence-corrected chi connectivity index (χ4v) is 2.82. The number of ketones is 1. The number of thiazole rings is 1. The molecule has 0 atom stereocenters. The van der Waals surface area contributed by atoms with E-state index < -0.39 is 10.8 Å². The van der Waals surface area contributed by atoms with E-state index in [9.17, 15) is 19.7 Å². The molecule has 114 valence electrons. The van der Waals surface area contributed by atoms with Crippen LogP contribution in [-0.2, 0) is 0 Å². The van der Waals surface area contributed by atoms with Crippen LogP contribution in [-0.4, -0.2) is 21.6 Å². The molecule has 1 aromatic carbocycles. The summed E-state index contributed by atoms with van der Waals surface area (Å²) in [5.41, 5.74) is -0.0370. The number of halogens is 1. The van der Waals surface area contributed by atoms with Gasteiger partial charge in [-0.15, -0.1) is 0 Å². The molecular weight excluding hydrogens is 330 g/mol. The number of nitro groups is 1. The minimum Gasteiger partial charge on any atom is -0.298 e. The molecule has 1 heterocycles. The first-order valence-electron chi connectivity index (χ1n) is 6.03. The third-order valence-corrected chi connectivity index (χ3v) is 4.15. The van der Waals surface area contributed by atoms with Crippen LogP contribution in [0.15, 0.2) is 18.2 Å². The van der Waals surface area contributed by atoms with E-state index in [1.165, 1.54) is 19.1 Å². The molecule has 0 saturated heterocycles. The van der Waals surface area contributed by atoms with Gasteiger partial charge in [0, 0.05) is 18.0 Å². The van der Waals surface area contributed by atoms with Crippen LogP contribution in [0.4, 0.5) is 10.8 Å². The van der Waals surface area contributed by atoms with Crippen LogP contribution in [0.25, 0.3) is 0 Å². The van der Waals surface area contributed by atoms with Gasteiger partial charge in [-0.3, -0.25) is 25.0 Å². The Kier molecular flexibility index (Phi) is 4.53. The van der Waals surface area contributed by atoms with Crippen LogP contribution in [0.3, 0.4) is 0 Å². The summed E-state index contributed by atoms with van der Waals surface area (Å²) < 4.78 is 0. The Bertz CT molecular complexity index is 788. The molecule has 0 radical (unpaired) electrons. The Morgan fingerprint density at radius 1 is 1.41 bits per heavy atom. The summed E-state index contributed by atoms with van der Waals surface area (Å²) >= 11 is 6.79. The van der Waals surface area contributed by atoms with Crippen LogP contribution in [0.1, 0.15) is 32.6 Å². The Morgan fingerprint density at radius 3 is 2.64 bits per heavy atom. The van der Waals surface area contributed by atoms with Crippen molar-refractivity contribution in [3.05, 3.63) is 49.5 Å². The number of nitro benzene ring substituents is 1. The van der Waals surface area contributed by atoms with Gasteiger partial charge >= 0.3 is 0 Å². The van der Waals surface area contributed by atoms with Gasteiger partial charge < -0.3 is 0 Å². The number of hydrogen-bond acceptors (Lipinski definition) is 6. The number of aromatic nitrogens is 1. The second-order valence-electron chi connectivity index (χ2n) is 4.36. The second-order valence-corrected chi connectivity index (χ2v) is 5.80.